The first-order valence-electron chi connectivity index (χ1n) is 13.1. The van der Waals surface area contributed by atoms with Crippen molar-refractivity contribution >= 4 is 50.0 Å². The van der Waals surface area contributed by atoms with Gasteiger partial charge in [-0.1, -0.05) is 96.1 Å². The summed E-state index contributed by atoms with van der Waals surface area (Å²) in [6.45, 7) is 4.30. The first-order chi connectivity index (χ1) is 18.1. The van der Waals surface area contributed by atoms with E-state index in [0.29, 0.717) is 0 Å². The molecule has 1 aliphatic rings. The second kappa shape index (κ2) is 8.61. The summed E-state index contributed by atoms with van der Waals surface area (Å²) in [5, 5.41) is 10.4. The van der Waals surface area contributed by atoms with Crippen LogP contribution in [0.3, 0.4) is 0 Å². The standard InChI is InChI=1S/C37H28/c1-24-7-11-26(12-8-24)37(27-13-9-25(2)10-14-27)31-16-15-30-19-35-22-33-17-28-5-3-4-6-29(28)18-34(33)23-36(35)21-32(30)20-31/h3-15,17-23H,16H2,1-2H3. The van der Waals surface area contributed by atoms with Crippen LogP contribution >= 0.6 is 0 Å². The monoisotopic (exact) mass is 472 g/mol. The van der Waals surface area contributed by atoms with E-state index in [1.165, 1.54) is 76.2 Å². The van der Waals surface area contributed by atoms with E-state index in [1.807, 2.05) is 0 Å². The lowest BCUT2D eigenvalue weighted by Crippen LogP contribution is -2.27. The molecule has 0 amide bonds. The summed E-state index contributed by atoms with van der Waals surface area (Å²) in [7, 11) is 0. The molecule has 0 nitrogen and oxygen atoms in total. The van der Waals surface area contributed by atoms with Crippen LogP contribution in [0.25, 0.3) is 50.0 Å². The molecule has 0 saturated heterocycles. The zero-order valence-corrected chi connectivity index (χ0v) is 21.3. The second-order valence-corrected chi connectivity index (χ2v) is 10.4. The molecule has 0 atom stereocenters. The number of hydrogen-bond donors (Lipinski definition) is 0. The van der Waals surface area contributed by atoms with Crippen LogP contribution in [-0.4, -0.2) is 0 Å². The summed E-state index contributed by atoms with van der Waals surface area (Å²) >= 11 is 0. The molecule has 176 valence electrons. The lowest BCUT2D eigenvalue weighted by molar-refractivity contribution is 1.32. The first kappa shape index (κ1) is 21.8. The minimum absolute atomic E-state index is 0.924. The van der Waals surface area contributed by atoms with Crippen LogP contribution in [0.15, 0.2) is 115 Å². The number of benzene rings is 6. The number of hydrogen-bond acceptors (Lipinski definition) is 0. The van der Waals surface area contributed by atoms with E-state index in [2.05, 4.69) is 135 Å². The van der Waals surface area contributed by atoms with Crippen molar-refractivity contribution in [3.05, 3.63) is 147 Å². The molecule has 0 heterocycles. The van der Waals surface area contributed by atoms with E-state index in [1.54, 1.807) is 0 Å². The van der Waals surface area contributed by atoms with Gasteiger partial charge in [0, 0.05) is 0 Å². The average Bonchev–Trinajstić information content (AvgIpc) is 2.92. The Bertz CT molecular complexity index is 1940. The SMILES string of the molecule is Cc1ccc(C(=C2C=c3cc4cc5cc6ccccc6cc5cc4cc3=CC2)c2ccc(C)cc2)cc1. The van der Waals surface area contributed by atoms with Crippen molar-refractivity contribution in [1.82, 2.24) is 0 Å². The molecule has 0 fully saturated rings. The Morgan fingerprint density at radius 1 is 0.486 bits per heavy atom. The summed E-state index contributed by atoms with van der Waals surface area (Å²) in [6, 6.07) is 40.6. The van der Waals surface area contributed by atoms with Crippen LogP contribution in [0.5, 0.6) is 0 Å². The fourth-order valence-electron chi connectivity index (χ4n) is 5.70. The quantitative estimate of drug-likeness (QED) is 0.223. The van der Waals surface area contributed by atoms with E-state index < -0.39 is 0 Å². The van der Waals surface area contributed by atoms with Gasteiger partial charge in [-0.05, 0) is 122 Å². The molecule has 0 aliphatic heterocycles. The molecule has 1 aliphatic carbocycles. The Morgan fingerprint density at radius 3 is 1.49 bits per heavy atom. The van der Waals surface area contributed by atoms with E-state index in [-0.39, 0.29) is 0 Å². The van der Waals surface area contributed by atoms with Gasteiger partial charge in [-0.15, -0.1) is 0 Å². The highest BCUT2D eigenvalue weighted by molar-refractivity contribution is 6.05. The normalized spacial score (nSPS) is 12.9. The third-order valence-electron chi connectivity index (χ3n) is 7.74. The smallest absolute Gasteiger partial charge is 0.00760 e. The van der Waals surface area contributed by atoms with Crippen LogP contribution < -0.4 is 10.4 Å². The molecule has 0 heteroatoms. The lowest BCUT2D eigenvalue weighted by Gasteiger charge is -2.16. The molecule has 0 saturated carbocycles. The molecular weight excluding hydrogens is 444 g/mol. The summed E-state index contributed by atoms with van der Waals surface area (Å²) in [5.74, 6) is 0. The van der Waals surface area contributed by atoms with Gasteiger partial charge < -0.3 is 0 Å². The zero-order chi connectivity index (χ0) is 24.9. The van der Waals surface area contributed by atoms with Crippen LogP contribution in [0.2, 0.25) is 0 Å². The summed E-state index contributed by atoms with van der Waals surface area (Å²) < 4.78 is 0. The van der Waals surface area contributed by atoms with Crippen molar-refractivity contribution < 1.29 is 0 Å². The fraction of sp³-hybridized carbons (Fsp3) is 0.0811. The van der Waals surface area contributed by atoms with Crippen LogP contribution in [0.1, 0.15) is 28.7 Å². The highest BCUT2D eigenvalue weighted by Crippen LogP contribution is 2.31. The summed E-state index contributed by atoms with van der Waals surface area (Å²) in [5.41, 5.74) is 7.81. The molecule has 0 spiro atoms. The maximum Gasteiger partial charge on any atom is -0.00760 e. The number of fused-ring (bicyclic) bond motifs is 4. The van der Waals surface area contributed by atoms with Gasteiger partial charge in [-0.2, -0.15) is 0 Å². The van der Waals surface area contributed by atoms with Gasteiger partial charge in [0.05, 0.1) is 0 Å². The van der Waals surface area contributed by atoms with Gasteiger partial charge >= 0.3 is 0 Å². The van der Waals surface area contributed by atoms with Gasteiger partial charge in [0.25, 0.3) is 0 Å². The van der Waals surface area contributed by atoms with Crippen LogP contribution in [0, 0.1) is 13.8 Å². The van der Waals surface area contributed by atoms with Crippen LogP contribution in [0.4, 0.5) is 0 Å². The predicted molar refractivity (Wildman–Crippen MR) is 160 cm³/mol. The van der Waals surface area contributed by atoms with Gasteiger partial charge in [0.1, 0.15) is 0 Å². The van der Waals surface area contributed by atoms with Gasteiger partial charge in [0.15, 0.2) is 0 Å². The minimum Gasteiger partial charge on any atom is -0.0722 e. The van der Waals surface area contributed by atoms with Crippen molar-refractivity contribution in [2.24, 2.45) is 0 Å². The third kappa shape index (κ3) is 3.96. The summed E-state index contributed by atoms with van der Waals surface area (Å²) in [6.07, 6.45) is 5.74. The Morgan fingerprint density at radius 2 is 0.946 bits per heavy atom. The maximum absolute atomic E-state index is 2.41. The van der Waals surface area contributed by atoms with Gasteiger partial charge in [-0.3, -0.25) is 0 Å². The molecule has 37 heavy (non-hydrogen) atoms. The van der Waals surface area contributed by atoms with Crippen molar-refractivity contribution in [1.29, 1.82) is 0 Å². The highest BCUT2D eigenvalue weighted by Gasteiger charge is 2.13. The average molecular weight is 473 g/mol. The van der Waals surface area contributed by atoms with Crippen molar-refractivity contribution in [3.8, 4) is 0 Å². The predicted octanol–water partition coefficient (Wildman–Crippen LogP) is 8.23. The number of aryl methyl sites for hydroxylation is 2. The molecule has 0 aromatic heterocycles. The molecule has 0 N–H and O–H groups in total. The Labute approximate surface area is 217 Å². The number of allylic oxidation sites excluding steroid dienone is 1. The fourth-order valence-corrected chi connectivity index (χ4v) is 5.70. The Kier molecular flexibility index (Phi) is 5.08. The number of rotatable bonds is 2. The van der Waals surface area contributed by atoms with E-state index in [0.717, 1.165) is 6.42 Å². The van der Waals surface area contributed by atoms with E-state index >= 15 is 0 Å². The molecule has 7 rings (SSSR count). The lowest BCUT2D eigenvalue weighted by atomic mass is 9.88. The molecule has 0 radical (unpaired) electrons. The molecule has 6 aromatic rings. The Balaban J connectivity index is 1.45. The van der Waals surface area contributed by atoms with Gasteiger partial charge in [0.2, 0.25) is 0 Å². The van der Waals surface area contributed by atoms with Gasteiger partial charge in [-0.25, -0.2) is 0 Å². The van der Waals surface area contributed by atoms with E-state index in [4.69, 9.17) is 0 Å². The molecule has 6 aromatic carbocycles. The Hall–Kier alpha value is -4.42. The molecule has 0 unspecified atom stereocenters. The van der Waals surface area contributed by atoms with Crippen LogP contribution in [-0.2, 0) is 0 Å². The van der Waals surface area contributed by atoms with Crippen molar-refractivity contribution in [2.75, 3.05) is 0 Å². The molecular formula is C37H28. The maximum atomic E-state index is 2.41. The minimum atomic E-state index is 0.924. The highest BCUT2D eigenvalue weighted by atomic mass is 14.2. The summed E-state index contributed by atoms with van der Waals surface area (Å²) in [4.78, 5) is 0. The third-order valence-corrected chi connectivity index (χ3v) is 7.74. The second-order valence-electron chi connectivity index (χ2n) is 10.4. The topological polar surface area (TPSA) is 0 Å². The largest absolute Gasteiger partial charge is 0.0722 e. The first-order valence-corrected chi connectivity index (χ1v) is 13.1. The molecule has 0 bridgehead atoms. The van der Waals surface area contributed by atoms with Crippen molar-refractivity contribution in [2.45, 2.75) is 20.3 Å². The van der Waals surface area contributed by atoms with Crippen molar-refractivity contribution in [3.63, 3.8) is 0 Å². The zero-order valence-electron chi connectivity index (χ0n) is 21.3. The van der Waals surface area contributed by atoms with E-state index in [9.17, 15) is 0 Å².